The van der Waals surface area contributed by atoms with Gasteiger partial charge in [0.05, 0.1) is 12.5 Å². The van der Waals surface area contributed by atoms with Crippen LogP contribution in [0.15, 0.2) is 57.7 Å². The molecule has 0 saturated heterocycles. The number of benzene rings is 2. The predicted octanol–water partition coefficient (Wildman–Crippen LogP) is 3.99. The van der Waals surface area contributed by atoms with Crippen molar-refractivity contribution in [3.63, 3.8) is 0 Å². The minimum absolute atomic E-state index is 0.126. The number of methoxy groups -OCH3 is 1. The molecule has 0 fully saturated rings. The first kappa shape index (κ1) is 16.0. The van der Waals surface area contributed by atoms with Crippen LogP contribution in [0.2, 0.25) is 0 Å². The number of carbonyl (C=O) groups excluding carboxylic acids is 1. The highest BCUT2D eigenvalue weighted by atomic mass is 16.5. The molecule has 3 aromatic rings. The van der Waals surface area contributed by atoms with Crippen LogP contribution in [0.3, 0.4) is 0 Å². The third-order valence-corrected chi connectivity index (χ3v) is 3.93. The topological polar surface area (TPSA) is 56.5 Å². The van der Waals surface area contributed by atoms with Gasteiger partial charge >= 0.3 is 0 Å². The summed E-state index contributed by atoms with van der Waals surface area (Å²) >= 11 is 0. The zero-order valence-electron chi connectivity index (χ0n) is 13.7. The molecule has 0 amide bonds. The second kappa shape index (κ2) is 6.71. The summed E-state index contributed by atoms with van der Waals surface area (Å²) < 4.78 is 11.0. The largest absolute Gasteiger partial charge is 0.497 e. The smallest absolute Gasteiger partial charge is 0.204 e. The Morgan fingerprint density at radius 2 is 1.79 bits per heavy atom. The predicted molar refractivity (Wildman–Crippen MR) is 92.9 cm³/mol. The summed E-state index contributed by atoms with van der Waals surface area (Å²) in [5.74, 6) is 0.786. The van der Waals surface area contributed by atoms with E-state index in [4.69, 9.17) is 9.15 Å². The fourth-order valence-electron chi connectivity index (χ4n) is 2.71. The number of para-hydroxylation sites is 1. The molecular weight excluding hydrogens is 304 g/mol. The normalized spacial score (nSPS) is 10.8. The van der Waals surface area contributed by atoms with E-state index in [9.17, 15) is 9.59 Å². The molecule has 2 aromatic carbocycles. The second-order valence-electron chi connectivity index (χ2n) is 5.53. The fourth-order valence-corrected chi connectivity index (χ4v) is 2.71. The van der Waals surface area contributed by atoms with Gasteiger partial charge in [-0.25, -0.2) is 0 Å². The number of fused-ring (bicyclic) bond motifs is 1. The maximum absolute atomic E-state index is 12.9. The quantitative estimate of drug-likeness (QED) is 0.667. The van der Waals surface area contributed by atoms with Gasteiger partial charge in [-0.3, -0.25) is 9.59 Å². The molecule has 0 aliphatic carbocycles. The lowest BCUT2D eigenvalue weighted by atomic mass is 9.98. The molecule has 0 spiro atoms. The van der Waals surface area contributed by atoms with Gasteiger partial charge in [-0.15, -0.1) is 0 Å². The van der Waals surface area contributed by atoms with Crippen molar-refractivity contribution >= 4 is 16.8 Å². The maximum Gasteiger partial charge on any atom is 0.204 e. The van der Waals surface area contributed by atoms with Gasteiger partial charge in [-0.1, -0.05) is 19.1 Å². The van der Waals surface area contributed by atoms with Gasteiger partial charge in [0, 0.05) is 12.0 Å². The van der Waals surface area contributed by atoms with Gasteiger partial charge in [-0.2, -0.15) is 0 Å². The zero-order chi connectivity index (χ0) is 17.1. The number of carbonyl (C=O) groups is 1. The van der Waals surface area contributed by atoms with Gasteiger partial charge in [0.25, 0.3) is 0 Å². The number of rotatable bonds is 5. The summed E-state index contributed by atoms with van der Waals surface area (Å²) in [4.78, 5) is 25.8. The van der Waals surface area contributed by atoms with Crippen molar-refractivity contribution in [1.82, 2.24) is 0 Å². The van der Waals surface area contributed by atoms with Crippen molar-refractivity contribution in [2.45, 2.75) is 19.8 Å². The Balaban J connectivity index is 2.18. The van der Waals surface area contributed by atoms with Gasteiger partial charge in [0.2, 0.25) is 5.43 Å². The highest BCUT2D eigenvalue weighted by Gasteiger charge is 2.21. The molecule has 122 valence electrons. The SMILES string of the molecule is CCCc1oc2ccccc2c(=O)c1C(=O)c1ccc(OC)cc1. The molecule has 0 aliphatic rings. The molecule has 4 heteroatoms. The summed E-state index contributed by atoms with van der Waals surface area (Å²) in [5, 5.41) is 0.425. The molecule has 4 nitrogen and oxygen atoms in total. The van der Waals surface area contributed by atoms with Crippen LogP contribution in [-0.4, -0.2) is 12.9 Å². The summed E-state index contributed by atoms with van der Waals surface area (Å²) in [6, 6.07) is 13.7. The van der Waals surface area contributed by atoms with E-state index in [0.717, 1.165) is 6.42 Å². The summed E-state index contributed by atoms with van der Waals surface area (Å²) in [5.41, 5.74) is 0.801. The van der Waals surface area contributed by atoms with Crippen molar-refractivity contribution in [1.29, 1.82) is 0 Å². The van der Waals surface area contributed by atoms with Crippen LogP contribution < -0.4 is 10.2 Å². The van der Waals surface area contributed by atoms with Crippen LogP contribution in [-0.2, 0) is 6.42 Å². The van der Waals surface area contributed by atoms with Crippen molar-refractivity contribution in [3.8, 4) is 5.75 Å². The minimum Gasteiger partial charge on any atom is -0.497 e. The van der Waals surface area contributed by atoms with Crippen LogP contribution >= 0.6 is 0 Å². The summed E-state index contributed by atoms with van der Waals surface area (Å²) in [6.07, 6.45) is 1.32. The van der Waals surface area contributed by atoms with E-state index in [1.54, 1.807) is 49.6 Å². The van der Waals surface area contributed by atoms with Crippen LogP contribution in [0.4, 0.5) is 0 Å². The molecule has 24 heavy (non-hydrogen) atoms. The van der Waals surface area contributed by atoms with Gasteiger partial charge in [0.15, 0.2) is 5.78 Å². The third kappa shape index (κ3) is 2.83. The Morgan fingerprint density at radius 1 is 1.08 bits per heavy atom. The Hall–Kier alpha value is -2.88. The Bertz CT molecular complexity index is 936. The highest BCUT2D eigenvalue weighted by molar-refractivity contribution is 6.10. The molecule has 0 saturated carbocycles. The molecule has 0 bridgehead atoms. The van der Waals surface area contributed by atoms with Crippen LogP contribution in [0.5, 0.6) is 5.75 Å². The average molecular weight is 322 g/mol. The first-order valence-electron chi connectivity index (χ1n) is 7.89. The highest BCUT2D eigenvalue weighted by Crippen LogP contribution is 2.21. The standard InChI is InChI=1S/C20H18O4/c1-3-6-17-18(19(21)13-9-11-14(23-2)12-10-13)20(22)15-7-4-5-8-16(15)24-17/h4-5,7-12H,3,6H2,1-2H3. The Morgan fingerprint density at radius 3 is 2.46 bits per heavy atom. The number of aryl methyl sites for hydroxylation is 1. The van der Waals surface area contributed by atoms with Crippen molar-refractivity contribution in [2.75, 3.05) is 7.11 Å². The molecular formula is C20H18O4. The van der Waals surface area contributed by atoms with Crippen molar-refractivity contribution in [3.05, 3.63) is 75.6 Å². The van der Waals surface area contributed by atoms with Crippen LogP contribution in [0, 0.1) is 0 Å². The summed E-state index contributed by atoms with van der Waals surface area (Å²) in [7, 11) is 1.56. The number of ketones is 1. The third-order valence-electron chi connectivity index (χ3n) is 3.93. The molecule has 0 radical (unpaired) electrons. The lowest BCUT2D eigenvalue weighted by Crippen LogP contribution is -2.19. The molecule has 3 rings (SSSR count). The van der Waals surface area contributed by atoms with E-state index in [1.165, 1.54) is 0 Å². The molecule has 1 heterocycles. The number of ether oxygens (including phenoxy) is 1. The lowest BCUT2D eigenvalue weighted by Gasteiger charge is -2.09. The lowest BCUT2D eigenvalue weighted by molar-refractivity contribution is 0.103. The van der Waals surface area contributed by atoms with E-state index in [2.05, 4.69) is 0 Å². The monoisotopic (exact) mass is 322 g/mol. The van der Waals surface area contributed by atoms with Gasteiger partial charge in [0.1, 0.15) is 22.7 Å². The van der Waals surface area contributed by atoms with Gasteiger partial charge in [-0.05, 0) is 42.8 Å². The van der Waals surface area contributed by atoms with E-state index in [-0.39, 0.29) is 16.8 Å². The van der Waals surface area contributed by atoms with E-state index in [1.807, 2.05) is 13.0 Å². The maximum atomic E-state index is 12.9. The molecule has 0 N–H and O–H groups in total. The zero-order valence-corrected chi connectivity index (χ0v) is 13.7. The van der Waals surface area contributed by atoms with Gasteiger partial charge < -0.3 is 9.15 Å². The molecule has 0 unspecified atom stereocenters. The number of hydrogen-bond acceptors (Lipinski definition) is 4. The summed E-state index contributed by atoms with van der Waals surface area (Å²) in [6.45, 7) is 1.98. The first-order chi connectivity index (χ1) is 11.7. The Labute approximate surface area is 139 Å². The van der Waals surface area contributed by atoms with Crippen molar-refractivity contribution < 1.29 is 13.9 Å². The molecule has 1 aromatic heterocycles. The van der Waals surface area contributed by atoms with E-state index >= 15 is 0 Å². The second-order valence-corrected chi connectivity index (χ2v) is 5.53. The number of hydrogen-bond donors (Lipinski definition) is 0. The average Bonchev–Trinajstić information content (AvgIpc) is 2.62. The fraction of sp³-hybridized carbons (Fsp3) is 0.200. The Kier molecular flexibility index (Phi) is 4.47. The first-order valence-corrected chi connectivity index (χ1v) is 7.89. The minimum atomic E-state index is -0.319. The molecule has 0 atom stereocenters. The van der Waals surface area contributed by atoms with E-state index in [0.29, 0.717) is 34.5 Å². The van der Waals surface area contributed by atoms with Crippen molar-refractivity contribution in [2.24, 2.45) is 0 Å². The van der Waals surface area contributed by atoms with Crippen LogP contribution in [0.1, 0.15) is 35.0 Å². The molecule has 0 aliphatic heterocycles. The van der Waals surface area contributed by atoms with Crippen LogP contribution in [0.25, 0.3) is 11.0 Å². The van der Waals surface area contributed by atoms with E-state index < -0.39 is 0 Å².